The van der Waals surface area contributed by atoms with Gasteiger partial charge in [-0.3, -0.25) is 9.52 Å². The van der Waals surface area contributed by atoms with Gasteiger partial charge < -0.3 is 14.8 Å². The van der Waals surface area contributed by atoms with E-state index in [0.717, 1.165) is 0 Å². The molecule has 7 nitrogen and oxygen atoms in total. The van der Waals surface area contributed by atoms with Gasteiger partial charge in [0.1, 0.15) is 11.5 Å². The van der Waals surface area contributed by atoms with Crippen LogP contribution < -0.4 is 19.5 Å². The highest BCUT2D eigenvalue weighted by molar-refractivity contribution is 7.92. The fourth-order valence-electron chi connectivity index (χ4n) is 2.51. The number of hydrogen-bond donors (Lipinski definition) is 2. The number of anilines is 2. The quantitative estimate of drug-likeness (QED) is 0.481. The van der Waals surface area contributed by atoms with Gasteiger partial charge in [0.25, 0.3) is 15.9 Å². The normalized spacial score (nSPS) is 10.9. The summed E-state index contributed by atoms with van der Waals surface area (Å²) in [5.41, 5.74) is 0.810. The summed E-state index contributed by atoms with van der Waals surface area (Å²) >= 11 is 11.8. The summed E-state index contributed by atoms with van der Waals surface area (Å²) in [6, 6.07) is 16.9. The molecule has 0 aliphatic carbocycles. The van der Waals surface area contributed by atoms with Crippen molar-refractivity contribution in [1.82, 2.24) is 0 Å². The Morgan fingerprint density at radius 2 is 1.58 bits per heavy atom. The highest BCUT2D eigenvalue weighted by Crippen LogP contribution is 2.25. The van der Waals surface area contributed by atoms with Crippen LogP contribution >= 0.6 is 23.2 Å². The molecule has 0 aliphatic rings. The van der Waals surface area contributed by atoms with Crippen molar-refractivity contribution in [2.24, 2.45) is 0 Å². The number of rotatable bonds is 8. The molecular formula is C21H18Cl2N2O5S. The Balaban J connectivity index is 1.58. The Hall–Kier alpha value is -2.94. The molecule has 1 amide bonds. The van der Waals surface area contributed by atoms with E-state index in [2.05, 4.69) is 10.0 Å². The largest absolute Gasteiger partial charge is 0.497 e. The van der Waals surface area contributed by atoms with Crippen molar-refractivity contribution in [3.8, 4) is 11.5 Å². The number of methoxy groups -OCH3 is 1. The van der Waals surface area contributed by atoms with E-state index in [1.807, 2.05) is 0 Å². The molecule has 31 heavy (non-hydrogen) atoms. The lowest BCUT2D eigenvalue weighted by Gasteiger charge is -2.11. The van der Waals surface area contributed by atoms with Crippen molar-refractivity contribution >= 4 is 50.5 Å². The third-order valence-corrected chi connectivity index (χ3v) is 6.00. The summed E-state index contributed by atoms with van der Waals surface area (Å²) in [6.07, 6.45) is 0. The second kappa shape index (κ2) is 9.91. The van der Waals surface area contributed by atoms with Crippen molar-refractivity contribution in [2.45, 2.75) is 4.90 Å². The zero-order chi connectivity index (χ0) is 22.4. The lowest BCUT2D eigenvalue weighted by Crippen LogP contribution is -2.20. The minimum absolute atomic E-state index is 0.0491. The van der Waals surface area contributed by atoms with Crippen LogP contribution in [0.5, 0.6) is 11.5 Å². The predicted molar refractivity (Wildman–Crippen MR) is 121 cm³/mol. The highest BCUT2D eigenvalue weighted by atomic mass is 35.5. The van der Waals surface area contributed by atoms with Crippen molar-refractivity contribution < 1.29 is 22.7 Å². The zero-order valence-electron chi connectivity index (χ0n) is 16.3. The average Bonchev–Trinajstić information content (AvgIpc) is 2.75. The Bertz CT molecular complexity index is 1170. The van der Waals surface area contributed by atoms with E-state index in [-0.39, 0.29) is 11.5 Å². The Kier molecular flexibility index (Phi) is 7.27. The summed E-state index contributed by atoms with van der Waals surface area (Å²) in [7, 11) is -2.25. The lowest BCUT2D eigenvalue weighted by molar-refractivity contribution is -0.118. The first kappa shape index (κ1) is 22.7. The van der Waals surface area contributed by atoms with Crippen LogP contribution in [0.15, 0.2) is 71.6 Å². The van der Waals surface area contributed by atoms with Crippen LogP contribution in [0.2, 0.25) is 10.0 Å². The van der Waals surface area contributed by atoms with Gasteiger partial charge >= 0.3 is 0 Å². The molecule has 0 fully saturated rings. The molecule has 3 aromatic rings. The number of nitrogens with one attached hydrogen (secondary N) is 2. The van der Waals surface area contributed by atoms with Crippen molar-refractivity contribution in [2.75, 3.05) is 23.8 Å². The van der Waals surface area contributed by atoms with E-state index in [1.54, 1.807) is 36.4 Å². The molecule has 3 aromatic carbocycles. The molecule has 0 bridgehead atoms. The van der Waals surface area contributed by atoms with Crippen LogP contribution in [0.1, 0.15) is 0 Å². The first-order valence-corrected chi connectivity index (χ1v) is 11.2. The topological polar surface area (TPSA) is 93.7 Å². The van der Waals surface area contributed by atoms with E-state index in [0.29, 0.717) is 32.9 Å². The maximum Gasteiger partial charge on any atom is 0.262 e. The molecule has 0 radical (unpaired) electrons. The third kappa shape index (κ3) is 6.27. The number of benzene rings is 3. The smallest absolute Gasteiger partial charge is 0.262 e. The van der Waals surface area contributed by atoms with Crippen molar-refractivity contribution in [1.29, 1.82) is 0 Å². The Morgan fingerprint density at radius 1 is 0.935 bits per heavy atom. The predicted octanol–water partition coefficient (Wildman–Crippen LogP) is 4.82. The van der Waals surface area contributed by atoms with Crippen LogP contribution in [0.4, 0.5) is 11.4 Å². The fourth-order valence-corrected chi connectivity index (χ4v) is 4.03. The first-order valence-electron chi connectivity index (χ1n) is 8.91. The molecule has 0 atom stereocenters. The molecular weight excluding hydrogens is 463 g/mol. The number of amides is 1. The summed E-state index contributed by atoms with van der Waals surface area (Å²) in [4.78, 5) is 12.1. The van der Waals surface area contributed by atoms with Gasteiger partial charge in [-0.25, -0.2) is 8.42 Å². The van der Waals surface area contributed by atoms with E-state index in [9.17, 15) is 13.2 Å². The third-order valence-electron chi connectivity index (χ3n) is 4.05. The van der Waals surface area contributed by atoms with Crippen LogP contribution in [0, 0.1) is 0 Å². The van der Waals surface area contributed by atoms with Gasteiger partial charge in [-0.05, 0) is 66.7 Å². The first-order chi connectivity index (χ1) is 14.8. The molecule has 0 saturated heterocycles. The monoisotopic (exact) mass is 480 g/mol. The molecule has 0 spiro atoms. The van der Waals surface area contributed by atoms with E-state index in [4.69, 9.17) is 32.7 Å². The molecule has 0 aromatic heterocycles. The molecule has 162 valence electrons. The Labute approximate surface area is 189 Å². The second-order valence-corrected chi connectivity index (χ2v) is 8.79. The SMILES string of the molecule is COc1ccc(NS(=O)(=O)c2ccc(OCC(=O)Nc3ccc(Cl)cc3Cl)cc2)cc1. The zero-order valence-corrected chi connectivity index (χ0v) is 18.6. The standard InChI is InChI=1S/C21H18Cl2N2O5S/c1-29-16-5-3-15(4-6-16)25-31(27,28)18-9-7-17(8-10-18)30-13-21(26)24-20-11-2-14(22)12-19(20)23/h2-12,25H,13H2,1H3,(H,24,26). The molecule has 0 saturated carbocycles. The molecule has 10 heteroatoms. The van der Waals surface area contributed by atoms with Gasteiger partial charge in [-0.1, -0.05) is 23.2 Å². The number of carbonyl (C=O) groups is 1. The highest BCUT2D eigenvalue weighted by Gasteiger charge is 2.15. The Morgan fingerprint density at radius 3 is 2.19 bits per heavy atom. The number of hydrogen-bond acceptors (Lipinski definition) is 5. The van der Waals surface area contributed by atoms with Gasteiger partial charge in [-0.2, -0.15) is 0 Å². The van der Waals surface area contributed by atoms with Gasteiger partial charge in [0, 0.05) is 10.7 Å². The minimum Gasteiger partial charge on any atom is -0.497 e. The summed E-state index contributed by atoms with van der Waals surface area (Å²) < 4.78 is 38.0. The molecule has 0 aliphatic heterocycles. The number of halogens is 2. The van der Waals surface area contributed by atoms with Crippen LogP contribution in [-0.4, -0.2) is 28.0 Å². The lowest BCUT2D eigenvalue weighted by atomic mass is 10.3. The fraction of sp³-hybridized carbons (Fsp3) is 0.0952. The minimum atomic E-state index is -3.78. The number of carbonyl (C=O) groups excluding carboxylic acids is 1. The van der Waals surface area contributed by atoms with Gasteiger partial charge in [0.05, 0.1) is 22.7 Å². The molecule has 0 unspecified atom stereocenters. The van der Waals surface area contributed by atoms with Crippen molar-refractivity contribution in [3.63, 3.8) is 0 Å². The maximum atomic E-state index is 12.5. The maximum absolute atomic E-state index is 12.5. The summed E-state index contributed by atoms with van der Waals surface area (Å²) in [6.45, 7) is -0.283. The van der Waals surface area contributed by atoms with Crippen LogP contribution in [-0.2, 0) is 14.8 Å². The van der Waals surface area contributed by atoms with Crippen molar-refractivity contribution in [3.05, 3.63) is 76.8 Å². The van der Waals surface area contributed by atoms with E-state index < -0.39 is 15.9 Å². The van der Waals surface area contributed by atoms with Crippen LogP contribution in [0.3, 0.4) is 0 Å². The molecule has 3 rings (SSSR count). The average molecular weight is 481 g/mol. The number of ether oxygens (including phenoxy) is 2. The van der Waals surface area contributed by atoms with E-state index in [1.165, 1.54) is 37.4 Å². The summed E-state index contributed by atoms with van der Waals surface area (Å²) in [5.74, 6) is 0.523. The molecule has 0 heterocycles. The van der Waals surface area contributed by atoms with Gasteiger partial charge in [-0.15, -0.1) is 0 Å². The van der Waals surface area contributed by atoms with E-state index >= 15 is 0 Å². The summed E-state index contributed by atoms with van der Waals surface area (Å²) in [5, 5.41) is 3.37. The molecule has 2 N–H and O–H groups in total. The number of sulfonamides is 1. The van der Waals surface area contributed by atoms with Crippen LogP contribution in [0.25, 0.3) is 0 Å². The second-order valence-electron chi connectivity index (χ2n) is 6.27. The van der Waals surface area contributed by atoms with Gasteiger partial charge in [0.2, 0.25) is 0 Å². The van der Waals surface area contributed by atoms with Gasteiger partial charge in [0.15, 0.2) is 6.61 Å².